The SMILES string of the molecule is CCNC(=O)n1c(C)cc2cc(OC3=CC=NN4CC(C(=O)N5CC(F)C5C)C(C)=C34)ccc21. The maximum atomic E-state index is 13.6. The number of alkyl halides is 1. The summed E-state index contributed by atoms with van der Waals surface area (Å²) in [5.41, 5.74) is 3.26. The fraction of sp³-hybridized carbons (Fsp3) is 0.400. The number of aryl methyl sites for hydroxylation is 1. The van der Waals surface area contributed by atoms with Gasteiger partial charge in [0.05, 0.1) is 36.8 Å². The highest BCUT2D eigenvalue weighted by atomic mass is 19.1. The lowest BCUT2D eigenvalue weighted by atomic mass is 9.95. The molecule has 178 valence electrons. The van der Waals surface area contributed by atoms with Gasteiger partial charge in [-0.25, -0.2) is 9.18 Å². The molecule has 3 aliphatic rings. The maximum Gasteiger partial charge on any atom is 0.326 e. The molecule has 0 aliphatic carbocycles. The number of fused-ring (bicyclic) bond motifs is 2. The van der Waals surface area contributed by atoms with Crippen molar-refractivity contribution in [1.29, 1.82) is 0 Å². The second kappa shape index (κ2) is 8.30. The normalized spacial score (nSPS) is 23.7. The van der Waals surface area contributed by atoms with Crippen LogP contribution in [0.4, 0.5) is 9.18 Å². The molecule has 9 heteroatoms. The van der Waals surface area contributed by atoms with Gasteiger partial charge in [-0.15, -0.1) is 0 Å². The molecular weight excluding hydrogens is 437 g/mol. The Kier molecular flexibility index (Phi) is 5.42. The molecule has 3 atom stereocenters. The lowest BCUT2D eigenvalue weighted by Crippen LogP contribution is -2.60. The summed E-state index contributed by atoms with van der Waals surface area (Å²) in [4.78, 5) is 27.1. The first-order valence-electron chi connectivity index (χ1n) is 11.6. The highest BCUT2D eigenvalue weighted by Crippen LogP contribution is 2.38. The van der Waals surface area contributed by atoms with E-state index in [0.29, 0.717) is 24.6 Å². The lowest BCUT2D eigenvalue weighted by molar-refractivity contribution is -0.147. The molecule has 1 aromatic carbocycles. The lowest BCUT2D eigenvalue weighted by Gasteiger charge is -2.43. The van der Waals surface area contributed by atoms with Crippen LogP contribution in [0.15, 0.2) is 52.5 Å². The summed E-state index contributed by atoms with van der Waals surface area (Å²) in [5, 5.41) is 9.90. The molecule has 3 unspecified atom stereocenters. The summed E-state index contributed by atoms with van der Waals surface area (Å²) in [6.07, 6.45) is 2.47. The summed E-state index contributed by atoms with van der Waals surface area (Å²) in [7, 11) is 0. The number of aromatic nitrogens is 1. The van der Waals surface area contributed by atoms with E-state index >= 15 is 0 Å². The number of likely N-dealkylation sites (tertiary alicyclic amines) is 1. The second-order valence-electron chi connectivity index (χ2n) is 8.99. The van der Waals surface area contributed by atoms with Crippen molar-refractivity contribution >= 4 is 29.1 Å². The third kappa shape index (κ3) is 3.46. The van der Waals surface area contributed by atoms with Crippen LogP contribution in [0.25, 0.3) is 10.9 Å². The number of nitrogens with zero attached hydrogens (tertiary/aromatic N) is 4. The zero-order chi connectivity index (χ0) is 24.1. The summed E-state index contributed by atoms with van der Waals surface area (Å²) in [6.45, 7) is 8.53. The van der Waals surface area contributed by atoms with Crippen LogP contribution in [-0.2, 0) is 4.79 Å². The van der Waals surface area contributed by atoms with Gasteiger partial charge in [0.15, 0.2) is 5.76 Å². The minimum atomic E-state index is -0.959. The number of allylic oxidation sites excluding steroid dienone is 1. The standard InChI is InChI=1S/C25H28FN5O3/c1-5-27-25(33)31-14(2)10-17-11-18(6-7-21(17)31)34-22-8-9-28-30-12-19(15(3)23(22)30)24(32)29-13-20(26)16(29)4/h6-11,16,19-20H,5,12-13H2,1-4H3,(H,27,33). The number of carbonyl (C=O) groups is 2. The summed E-state index contributed by atoms with van der Waals surface area (Å²) in [5.74, 6) is 0.762. The van der Waals surface area contributed by atoms with Gasteiger partial charge in [0.2, 0.25) is 5.91 Å². The summed E-state index contributed by atoms with van der Waals surface area (Å²) < 4.78 is 21.5. The van der Waals surface area contributed by atoms with E-state index in [2.05, 4.69) is 10.4 Å². The Morgan fingerprint density at radius 1 is 1.24 bits per heavy atom. The van der Waals surface area contributed by atoms with Gasteiger partial charge in [-0.1, -0.05) is 0 Å². The zero-order valence-corrected chi connectivity index (χ0v) is 19.7. The first-order valence-corrected chi connectivity index (χ1v) is 11.6. The van der Waals surface area contributed by atoms with E-state index in [1.165, 1.54) is 0 Å². The van der Waals surface area contributed by atoms with E-state index in [1.807, 2.05) is 45.0 Å². The molecule has 1 N–H and O–H groups in total. The molecule has 8 nitrogen and oxygen atoms in total. The Hall–Kier alpha value is -3.62. The molecule has 3 aliphatic heterocycles. The first-order chi connectivity index (χ1) is 16.3. The minimum absolute atomic E-state index is 0.0704. The molecule has 1 fully saturated rings. The summed E-state index contributed by atoms with van der Waals surface area (Å²) >= 11 is 0. The molecule has 5 rings (SSSR count). The predicted molar refractivity (Wildman–Crippen MR) is 127 cm³/mol. The number of carbonyl (C=O) groups excluding carboxylic acids is 2. The van der Waals surface area contributed by atoms with Gasteiger partial charge in [0.25, 0.3) is 0 Å². The van der Waals surface area contributed by atoms with Gasteiger partial charge in [0.1, 0.15) is 17.6 Å². The maximum absolute atomic E-state index is 13.6. The number of halogens is 1. The number of benzene rings is 1. The van der Waals surface area contributed by atoms with Gasteiger partial charge < -0.3 is 15.0 Å². The van der Waals surface area contributed by atoms with Crippen molar-refractivity contribution in [3.63, 3.8) is 0 Å². The molecule has 2 aromatic rings. The Labute approximate surface area is 197 Å². The number of hydrogen-bond acceptors (Lipinski definition) is 5. The largest absolute Gasteiger partial charge is 0.455 e. The van der Waals surface area contributed by atoms with Crippen molar-refractivity contribution in [3.05, 3.63) is 53.1 Å². The molecule has 1 aromatic heterocycles. The Bertz CT molecular complexity index is 1280. The van der Waals surface area contributed by atoms with Gasteiger partial charge in [-0.05, 0) is 57.5 Å². The number of hydrogen-bond donors (Lipinski definition) is 1. The van der Waals surface area contributed by atoms with Crippen LogP contribution in [0.1, 0.15) is 26.5 Å². The van der Waals surface area contributed by atoms with Crippen molar-refractivity contribution in [2.24, 2.45) is 11.0 Å². The monoisotopic (exact) mass is 465 g/mol. The molecule has 0 radical (unpaired) electrons. The molecule has 2 amide bonds. The average Bonchev–Trinajstić information content (AvgIpc) is 3.33. The number of amides is 2. The Morgan fingerprint density at radius 2 is 2.03 bits per heavy atom. The fourth-order valence-corrected chi connectivity index (χ4v) is 4.88. The number of rotatable bonds is 4. The van der Waals surface area contributed by atoms with Crippen LogP contribution >= 0.6 is 0 Å². The van der Waals surface area contributed by atoms with E-state index in [0.717, 1.165) is 27.9 Å². The fourth-order valence-electron chi connectivity index (χ4n) is 4.88. The van der Waals surface area contributed by atoms with Crippen molar-refractivity contribution in [1.82, 2.24) is 19.8 Å². The third-order valence-electron chi connectivity index (χ3n) is 6.86. The molecule has 34 heavy (non-hydrogen) atoms. The van der Waals surface area contributed by atoms with Gasteiger partial charge in [0, 0.05) is 23.7 Å². The highest BCUT2D eigenvalue weighted by molar-refractivity contribution is 5.93. The Balaban J connectivity index is 1.40. The molecule has 0 bridgehead atoms. The van der Waals surface area contributed by atoms with Gasteiger partial charge in [-0.2, -0.15) is 5.10 Å². The van der Waals surface area contributed by atoms with E-state index in [9.17, 15) is 14.0 Å². The van der Waals surface area contributed by atoms with Crippen LogP contribution < -0.4 is 10.1 Å². The number of nitrogens with one attached hydrogen (secondary N) is 1. The minimum Gasteiger partial charge on any atom is -0.455 e. The summed E-state index contributed by atoms with van der Waals surface area (Å²) in [6, 6.07) is 6.98. The van der Waals surface area contributed by atoms with Crippen molar-refractivity contribution in [3.8, 4) is 5.75 Å². The molecule has 1 saturated heterocycles. The molecule has 0 saturated carbocycles. The van der Waals surface area contributed by atoms with E-state index in [4.69, 9.17) is 4.74 Å². The van der Waals surface area contributed by atoms with Gasteiger partial charge >= 0.3 is 6.03 Å². The molecular formula is C25H28FN5O3. The van der Waals surface area contributed by atoms with E-state index < -0.39 is 6.17 Å². The topological polar surface area (TPSA) is 79.2 Å². The van der Waals surface area contributed by atoms with E-state index in [1.54, 1.807) is 33.7 Å². The van der Waals surface area contributed by atoms with Gasteiger partial charge in [-0.3, -0.25) is 14.4 Å². The first kappa shape index (κ1) is 22.2. The van der Waals surface area contributed by atoms with E-state index in [-0.39, 0.29) is 30.4 Å². The number of hydrazone groups is 1. The predicted octanol–water partition coefficient (Wildman–Crippen LogP) is 3.56. The van der Waals surface area contributed by atoms with Crippen LogP contribution in [0.3, 0.4) is 0 Å². The van der Waals surface area contributed by atoms with Crippen LogP contribution in [0.2, 0.25) is 0 Å². The zero-order valence-electron chi connectivity index (χ0n) is 19.7. The molecule has 0 spiro atoms. The highest BCUT2D eigenvalue weighted by Gasteiger charge is 2.45. The quantitative estimate of drug-likeness (QED) is 0.749. The van der Waals surface area contributed by atoms with Crippen molar-refractivity contribution in [2.75, 3.05) is 19.6 Å². The number of ether oxygens (including phenoxy) is 1. The Morgan fingerprint density at radius 3 is 2.74 bits per heavy atom. The average molecular weight is 466 g/mol. The van der Waals surface area contributed by atoms with Crippen molar-refractivity contribution in [2.45, 2.75) is 39.9 Å². The smallest absolute Gasteiger partial charge is 0.326 e. The van der Waals surface area contributed by atoms with Crippen molar-refractivity contribution < 1.29 is 18.7 Å². The third-order valence-corrected chi connectivity index (χ3v) is 6.86. The van der Waals surface area contributed by atoms with Crippen LogP contribution in [-0.4, -0.2) is 64.5 Å². The molecule has 4 heterocycles. The van der Waals surface area contributed by atoms with Crippen LogP contribution in [0.5, 0.6) is 5.75 Å². The second-order valence-corrected chi connectivity index (χ2v) is 8.99. The van der Waals surface area contributed by atoms with Crippen LogP contribution in [0, 0.1) is 12.8 Å².